The lowest BCUT2D eigenvalue weighted by atomic mass is 10.1. The first kappa shape index (κ1) is 20.3. The summed E-state index contributed by atoms with van der Waals surface area (Å²) in [6.07, 6.45) is -0.0617. The van der Waals surface area contributed by atoms with E-state index in [4.69, 9.17) is 14.2 Å². The number of amides is 1. The number of benzene rings is 1. The molecule has 0 bridgehead atoms. The van der Waals surface area contributed by atoms with Crippen LogP contribution in [0.3, 0.4) is 0 Å². The third-order valence-electron chi connectivity index (χ3n) is 4.25. The number of carbonyl (C=O) groups excluding carboxylic acids is 2. The Kier molecular flexibility index (Phi) is 6.32. The average Bonchev–Trinajstić information content (AvgIpc) is 2.97. The number of nitrogens with zero attached hydrogens (tertiary/aromatic N) is 2. The van der Waals surface area contributed by atoms with E-state index in [1.807, 2.05) is 6.92 Å². The lowest BCUT2D eigenvalue weighted by molar-refractivity contribution is -0.384. The molecule has 2 atom stereocenters. The average molecular weight is 408 g/mol. The van der Waals surface area contributed by atoms with Crippen LogP contribution in [0.1, 0.15) is 25.8 Å². The summed E-state index contributed by atoms with van der Waals surface area (Å²) < 4.78 is 16.3. The Labute approximate surface area is 165 Å². The summed E-state index contributed by atoms with van der Waals surface area (Å²) in [7, 11) is 0. The molecule has 1 fully saturated rings. The Morgan fingerprint density at radius 3 is 2.64 bits per heavy atom. The van der Waals surface area contributed by atoms with Gasteiger partial charge in [-0.05, 0) is 31.5 Å². The highest BCUT2D eigenvalue weighted by molar-refractivity contribution is 8.04. The molecule has 0 saturated carbocycles. The number of non-ortho nitro benzene ring substituents is 1. The van der Waals surface area contributed by atoms with Gasteiger partial charge in [-0.2, -0.15) is 0 Å². The van der Waals surface area contributed by atoms with Crippen molar-refractivity contribution in [1.29, 1.82) is 0 Å². The van der Waals surface area contributed by atoms with Gasteiger partial charge in [0.05, 0.1) is 23.3 Å². The van der Waals surface area contributed by atoms with E-state index in [0.717, 1.165) is 0 Å². The predicted molar refractivity (Wildman–Crippen MR) is 99.8 cm³/mol. The van der Waals surface area contributed by atoms with Gasteiger partial charge in [0.1, 0.15) is 12.3 Å². The molecule has 150 valence electrons. The molecule has 3 rings (SSSR count). The Balaban J connectivity index is 1.66. The van der Waals surface area contributed by atoms with Gasteiger partial charge in [-0.3, -0.25) is 19.8 Å². The number of β-lactam (4-membered cyclic amide) rings is 1. The van der Waals surface area contributed by atoms with Crippen LogP contribution in [-0.4, -0.2) is 46.6 Å². The van der Waals surface area contributed by atoms with E-state index >= 15 is 0 Å². The topological polar surface area (TPSA) is 108 Å². The van der Waals surface area contributed by atoms with Crippen molar-refractivity contribution in [2.75, 3.05) is 13.2 Å². The molecule has 0 N–H and O–H groups in total. The van der Waals surface area contributed by atoms with E-state index in [2.05, 4.69) is 0 Å². The highest BCUT2D eigenvalue weighted by Crippen LogP contribution is 2.46. The quantitative estimate of drug-likeness (QED) is 0.202. The Morgan fingerprint density at radius 2 is 2.04 bits per heavy atom. The minimum absolute atomic E-state index is 0.0400. The van der Waals surface area contributed by atoms with Crippen molar-refractivity contribution in [1.82, 2.24) is 4.90 Å². The van der Waals surface area contributed by atoms with Gasteiger partial charge in [0, 0.05) is 23.6 Å². The number of thioether (sulfide) groups is 1. The minimum Gasteiger partial charge on any atom is -0.456 e. The second-order valence-electron chi connectivity index (χ2n) is 6.15. The van der Waals surface area contributed by atoms with E-state index in [-0.39, 0.29) is 35.9 Å². The van der Waals surface area contributed by atoms with Crippen molar-refractivity contribution in [2.24, 2.45) is 0 Å². The summed E-state index contributed by atoms with van der Waals surface area (Å²) in [5, 5.41) is 10.6. The van der Waals surface area contributed by atoms with E-state index in [0.29, 0.717) is 23.5 Å². The highest BCUT2D eigenvalue weighted by atomic mass is 32.2. The maximum atomic E-state index is 12.6. The van der Waals surface area contributed by atoms with Crippen molar-refractivity contribution in [3.8, 4) is 0 Å². The molecular formula is C18H20N2O7S. The first-order valence-electron chi connectivity index (χ1n) is 8.76. The van der Waals surface area contributed by atoms with Crippen LogP contribution in [0.15, 0.2) is 34.9 Å². The lowest BCUT2D eigenvalue weighted by Gasteiger charge is -2.34. The maximum absolute atomic E-state index is 12.6. The van der Waals surface area contributed by atoms with Crippen molar-refractivity contribution in [2.45, 2.75) is 38.5 Å². The summed E-state index contributed by atoms with van der Waals surface area (Å²) in [5.41, 5.74) is 0.776. The molecule has 1 saturated heterocycles. The van der Waals surface area contributed by atoms with Crippen LogP contribution in [0.25, 0.3) is 0 Å². The molecule has 0 spiro atoms. The fourth-order valence-corrected chi connectivity index (χ4v) is 4.14. The predicted octanol–water partition coefficient (Wildman–Crippen LogP) is 2.55. The number of nitro groups is 1. The molecule has 2 aliphatic rings. The number of hydrogen-bond donors (Lipinski definition) is 0. The van der Waals surface area contributed by atoms with Gasteiger partial charge in [-0.15, -0.1) is 0 Å². The smallest absolute Gasteiger partial charge is 0.356 e. The zero-order chi connectivity index (χ0) is 20.3. The van der Waals surface area contributed by atoms with E-state index in [9.17, 15) is 19.7 Å². The number of carbonyl (C=O) groups is 2. The standard InChI is InChI=1S/C18H20N2O7S/c1-3-25-11(2)26-10-14-17(19-15(21)8-16(19)28-14)18(22)27-9-12-4-6-13(7-5-12)20(23)24/h4-7,11,16H,3,8-10H2,1-2H3/t11?,16-/m1/s1. The van der Waals surface area contributed by atoms with Gasteiger partial charge in [0.15, 0.2) is 6.29 Å². The fourth-order valence-electron chi connectivity index (χ4n) is 2.83. The summed E-state index contributed by atoms with van der Waals surface area (Å²) in [5.74, 6) is -0.753. The van der Waals surface area contributed by atoms with Crippen molar-refractivity contribution >= 4 is 29.3 Å². The molecule has 0 radical (unpaired) electrons. The monoisotopic (exact) mass is 408 g/mol. The number of rotatable bonds is 9. The molecule has 2 heterocycles. The number of hydrogen-bond acceptors (Lipinski definition) is 8. The third-order valence-corrected chi connectivity index (χ3v) is 5.50. The van der Waals surface area contributed by atoms with Crippen LogP contribution in [-0.2, 0) is 30.4 Å². The van der Waals surface area contributed by atoms with Crippen LogP contribution in [0.5, 0.6) is 0 Å². The Hall–Kier alpha value is -2.43. The molecule has 1 unspecified atom stereocenters. The van der Waals surface area contributed by atoms with Crippen molar-refractivity contribution in [3.63, 3.8) is 0 Å². The molecule has 1 amide bonds. The maximum Gasteiger partial charge on any atom is 0.356 e. The van der Waals surface area contributed by atoms with Gasteiger partial charge in [0.2, 0.25) is 5.91 Å². The third kappa shape index (κ3) is 4.34. The van der Waals surface area contributed by atoms with Gasteiger partial charge < -0.3 is 14.2 Å². The van der Waals surface area contributed by atoms with Crippen LogP contribution in [0.4, 0.5) is 5.69 Å². The SMILES string of the molecule is CCOC(C)OCC1=C(C(=O)OCc2ccc([N+](=O)[O-])cc2)N2C(=O)C[C@H]2S1. The van der Waals surface area contributed by atoms with Crippen LogP contribution < -0.4 is 0 Å². The number of esters is 1. The highest BCUT2D eigenvalue weighted by Gasteiger charge is 2.48. The van der Waals surface area contributed by atoms with Gasteiger partial charge >= 0.3 is 5.97 Å². The van der Waals surface area contributed by atoms with Crippen molar-refractivity contribution in [3.05, 3.63) is 50.5 Å². The van der Waals surface area contributed by atoms with Crippen LogP contribution >= 0.6 is 11.8 Å². The molecule has 1 aromatic rings. The van der Waals surface area contributed by atoms with Gasteiger partial charge in [-0.1, -0.05) is 11.8 Å². The zero-order valence-electron chi connectivity index (χ0n) is 15.5. The lowest BCUT2D eigenvalue weighted by Crippen LogP contribution is -2.48. The second kappa shape index (κ2) is 8.72. The first-order chi connectivity index (χ1) is 13.4. The van der Waals surface area contributed by atoms with Crippen LogP contribution in [0, 0.1) is 10.1 Å². The van der Waals surface area contributed by atoms with E-state index in [1.165, 1.54) is 40.9 Å². The molecule has 0 aromatic heterocycles. The van der Waals surface area contributed by atoms with E-state index < -0.39 is 17.2 Å². The molecule has 9 nitrogen and oxygen atoms in total. The zero-order valence-corrected chi connectivity index (χ0v) is 16.3. The van der Waals surface area contributed by atoms with Crippen LogP contribution in [0.2, 0.25) is 0 Å². The van der Waals surface area contributed by atoms with Gasteiger partial charge in [-0.25, -0.2) is 4.79 Å². The number of nitro benzene ring substituents is 1. The summed E-state index contributed by atoms with van der Waals surface area (Å²) in [6, 6.07) is 5.73. The summed E-state index contributed by atoms with van der Waals surface area (Å²) >= 11 is 1.42. The molecular weight excluding hydrogens is 388 g/mol. The number of ether oxygens (including phenoxy) is 3. The second-order valence-corrected chi connectivity index (χ2v) is 7.42. The fraction of sp³-hybridized carbons (Fsp3) is 0.444. The molecule has 2 aliphatic heterocycles. The molecule has 10 heteroatoms. The van der Waals surface area contributed by atoms with Gasteiger partial charge in [0.25, 0.3) is 5.69 Å². The minimum atomic E-state index is -0.621. The first-order valence-corrected chi connectivity index (χ1v) is 9.64. The Bertz CT molecular complexity index is 809. The molecule has 28 heavy (non-hydrogen) atoms. The molecule has 1 aromatic carbocycles. The van der Waals surface area contributed by atoms with E-state index in [1.54, 1.807) is 6.92 Å². The normalized spacial score (nSPS) is 19.3. The summed E-state index contributed by atoms with van der Waals surface area (Å²) in [4.78, 5) is 36.8. The molecule has 0 aliphatic carbocycles. The summed E-state index contributed by atoms with van der Waals surface area (Å²) in [6.45, 7) is 4.21. The largest absolute Gasteiger partial charge is 0.456 e. The van der Waals surface area contributed by atoms with Crippen molar-refractivity contribution < 1.29 is 28.7 Å². The Morgan fingerprint density at radius 1 is 1.32 bits per heavy atom. The number of fused-ring (bicyclic) bond motifs is 1.